The highest BCUT2D eigenvalue weighted by atomic mass is 32.1. The van der Waals surface area contributed by atoms with E-state index in [4.69, 9.17) is 14.0 Å². The van der Waals surface area contributed by atoms with E-state index in [1.807, 2.05) is 33.8 Å². The average Bonchev–Trinajstić information content (AvgIpc) is 2.72. The first-order chi connectivity index (χ1) is 10.7. The van der Waals surface area contributed by atoms with Gasteiger partial charge in [0.1, 0.15) is 12.0 Å². The van der Waals surface area contributed by atoms with E-state index in [2.05, 4.69) is 12.6 Å². The molecular weight excluding hydrogens is 311 g/mol. The Balaban J connectivity index is 2.39. The molecule has 1 aliphatic rings. The molecule has 0 N–H and O–H groups in total. The minimum absolute atomic E-state index is 0.408. The number of thiol groups is 1. The van der Waals surface area contributed by atoms with Gasteiger partial charge in [0.25, 0.3) is 0 Å². The van der Waals surface area contributed by atoms with Gasteiger partial charge in [0, 0.05) is 16.9 Å². The topological polar surface area (TPSA) is 44.8 Å². The van der Waals surface area contributed by atoms with Gasteiger partial charge in [-0.1, -0.05) is 6.08 Å². The normalized spacial score (nSPS) is 19.7. The maximum Gasteiger partial charge on any atom is 0.491 e. The molecule has 0 unspecified atom stereocenters. The van der Waals surface area contributed by atoms with Crippen LogP contribution in [0.3, 0.4) is 0 Å². The van der Waals surface area contributed by atoms with Gasteiger partial charge in [-0.05, 0) is 51.4 Å². The first-order valence-electron chi connectivity index (χ1n) is 7.54. The molecule has 1 aliphatic heterocycles. The highest BCUT2D eigenvalue weighted by molar-refractivity contribution is 7.80. The molecule has 1 heterocycles. The third kappa shape index (κ3) is 3.65. The molecule has 4 nitrogen and oxygen atoms in total. The van der Waals surface area contributed by atoms with E-state index in [9.17, 15) is 4.79 Å². The molecule has 0 spiro atoms. The molecule has 6 heteroatoms. The van der Waals surface area contributed by atoms with Crippen molar-refractivity contribution in [2.45, 2.75) is 38.9 Å². The first kappa shape index (κ1) is 18.1. The summed E-state index contributed by atoms with van der Waals surface area (Å²) in [5.41, 5.74) is 1.46. The lowest BCUT2D eigenvalue weighted by Crippen LogP contribution is -2.41. The predicted octanol–water partition coefficient (Wildman–Crippen LogP) is 3.45. The molecule has 1 fully saturated rings. The minimum atomic E-state index is -0.470. The number of carbonyl (C=O) groups excluding carboxylic acids is 1. The Morgan fingerprint density at radius 2 is 1.87 bits per heavy atom. The number of hydrogen-bond acceptors (Lipinski definition) is 5. The van der Waals surface area contributed by atoms with Crippen molar-refractivity contribution in [2.24, 2.45) is 0 Å². The van der Waals surface area contributed by atoms with Gasteiger partial charge in [-0.3, -0.25) is 4.79 Å². The van der Waals surface area contributed by atoms with Crippen molar-refractivity contribution >= 4 is 32.1 Å². The van der Waals surface area contributed by atoms with Crippen LogP contribution < -0.4 is 4.74 Å². The van der Waals surface area contributed by atoms with Crippen LogP contribution in [0.1, 0.15) is 43.6 Å². The number of benzene rings is 1. The van der Waals surface area contributed by atoms with E-state index in [-0.39, 0.29) is 0 Å². The van der Waals surface area contributed by atoms with Gasteiger partial charge < -0.3 is 14.0 Å². The summed E-state index contributed by atoms with van der Waals surface area (Å²) in [4.78, 5) is 11.0. The summed E-state index contributed by atoms with van der Waals surface area (Å²) < 4.78 is 17.5. The Labute approximate surface area is 143 Å². The minimum Gasteiger partial charge on any atom is -0.496 e. The number of aldehydes is 1. The smallest absolute Gasteiger partial charge is 0.491 e. The molecule has 0 radical (unpaired) electrons. The van der Waals surface area contributed by atoms with Crippen LogP contribution in [0.25, 0.3) is 6.08 Å². The summed E-state index contributed by atoms with van der Waals surface area (Å²) in [5.74, 6) is 1.16. The second-order valence-electron chi connectivity index (χ2n) is 6.58. The van der Waals surface area contributed by atoms with Crippen molar-refractivity contribution in [3.8, 4) is 5.75 Å². The molecule has 0 atom stereocenters. The Morgan fingerprint density at radius 3 is 2.35 bits per heavy atom. The third-order valence-corrected chi connectivity index (χ3v) is 4.83. The van der Waals surface area contributed by atoms with Gasteiger partial charge in [0.05, 0.1) is 18.3 Å². The fraction of sp³-hybridized carbons (Fsp3) is 0.471. The number of rotatable bonds is 5. The van der Waals surface area contributed by atoms with Crippen molar-refractivity contribution in [3.63, 3.8) is 0 Å². The lowest BCUT2D eigenvalue weighted by molar-refractivity contribution is 0.00578. The van der Waals surface area contributed by atoms with Gasteiger partial charge >= 0.3 is 7.12 Å². The van der Waals surface area contributed by atoms with E-state index in [1.54, 1.807) is 25.3 Å². The van der Waals surface area contributed by atoms with Gasteiger partial charge in [0.2, 0.25) is 0 Å². The van der Waals surface area contributed by atoms with E-state index in [1.165, 1.54) is 0 Å². The van der Waals surface area contributed by atoms with Crippen LogP contribution in [-0.4, -0.2) is 37.5 Å². The van der Waals surface area contributed by atoms with Gasteiger partial charge in [0.15, 0.2) is 0 Å². The van der Waals surface area contributed by atoms with Gasteiger partial charge in [-0.15, -0.1) is 0 Å². The fourth-order valence-electron chi connectivity index (χ4n) is 2.32. The molecule has 0 bridgehead atoms. The highest BCUT2D eigenvalue weighted by Crippen LogP contribution is 2.39. The molecule has 0 amide bonds. The van der Waals surface area contributed by atoms with Gasteiger partial charge in [-0.2, -0.15) is 12.6 Å². The van der Waals surface area contributed by atoms with E-state index in [0.717, 1.165) is 17.3 Å². The SMILES string of the molecule is COc1ccc(C=O)cc1C=C(CS)B1OC(C)(C)C(C)(C)O1. The van der Waals surface area contributed by atoms with Crippen molar-refractivity contribution in [1.29, 1.82) is 0 Å². The van der Waals surface area contributed by atoms with Crippen LogP contribution in [0.4, 0.5) is 0 Å². The maximum absolute atomic E-state index is 11.0. The molecule has 1 aromatic rings. The summed E-state index contributed by atoms with van der Waals surface area (Å²) in [7, 11) is 1.13. The zero-order chi connectivity index (χ0) is 17.3. The van der Waals surface area contributed by atoms with Crippen molar-refractivity contribution < 1.29 is 18.8 Å². The molecule has 0 saturated carbocycles. The van der Waals surface area contributed by atoms with E-state index >= 15 is 0 Å². The molecule has 0 aromatic heterocycles. The van der Waals surface area contributed by atoms with Crippen LogP contribution in [-0.2, 0) is 9.31 Å². The summed E-state index contributed by atoms with van der Waals surface area (Å²) in [5, 5.41) is 0. The summed E-state index contributed by atoms with van der Waals surface area (Å²) in [6.45, 7) is 8.04. The van der Waals surface area contributed by atoms with Crippen LogP contribution in [0.5, 0.6) is 5.75 Å². The Morgan fingerprint density at radius 1 is 1.26 bits per heavy atom. The largest absolute Gasteiger partial charge is 0.496 e. The number of ether oxygens (including phenoxy) is 1. The second kappa shape index (κ2) is 6.71. The maximum atomic E-state index is 11.0. The van der Waals surface area contributed by atoms with Crippen LogP contribution in [0.15, 0.2) is 23.7 Å². The summed E-state index contributed by atoms with van der Waals surface area (Å²) >= 11 is 4.41. The number of methoxy groups -OCH3 is 1. The third-order valence-electron chi connectivity index (χ3n) is 4.47. The van der Waals surface area contributed by atoms with Crippen LogP contribution in [0.2, 0.25) is 0 Å². The van der Waals surface area contributed by atoms with Crippen molar-refractivity contribution in [1.82, 2.24) is 0 Å². The predicted molar refractivity (Wildman–Crippen MR) is 96.3 cm³/mol. The standard InChI is InChI=1S/C17H23BO4S/c1-16(2)17(3,4)22-18(21-16)14(11-23)9-13-8-12(10-19)6-7-15(13)20-5/h6-10,23H,11H2,1-5H3. The first-order valence-corrected chi connectivity index (χ1v) is 8.17. The lowest BCUT2D eigenvalue weighted by atomic mass is 9.78. The number of hydrogen-bond donors (Lipinski definition) is 1. The van der Waals surface area contributed by atoms with Gasteiger partial charge in [-0.25, -0.2) is 0 Å². The molecule has 1 saturated heterocycles. The van der Waals surface area contributed by atoms with Crippen LogP contribution in [0, 0.1) is 0 Å². The van der Waals surface area contributed by atoms with Crippen LogP contribution >= 0.6 is 12.6 Å². The van der Waals surface area contributed by atoms with E-state index in [0.29, 0.717) is 17.1 Å². The quantitative estimate of drug-likeness (QED) is 0.509. The average molecular weight is 334 g/mol. The summed E-state index contributed by atoms with van der Waals surface area (Å²) in [6, 6.07) is 5.27. The van der Waals surface area contributed by atoms with Crippen molar-refractivity contribution in [3.05, 3.63) is 34.8 Å². The summed E-state index contributed by atoms with van der Waals surface area (Å²) in [6.07, 6.45) is 2.73. The molecule has 23 heavy (non-hydrogen) atoms. The molecular formula is C17H23BO4S. The fourth-order valence-corrected chi connectivity index (χ4v) is 2.56. The zero-order valence-electron chi connectivity index (χ0n) is 14.3. The second-order valence-corrected chi connectivity index (χ2v) is 6.90. The molecule has 0 aliphatic carbocycles. The molecule has 1 aromatic carbocycles. The number of carbonyl (C=O) groups is 1. The monoisotopic (exact) mass is 334 g/mol. The Kier molecular flexibility index (Phi) is 5.28. The Bertz CT molecular complexity index is 609. The Hall–Kier alpha value is -1.24. The zero-order valence-corrected chi connectivity index (χ0v) is 15.1. The van der Waals surface area contributed by atoms with Crippen molar-refractivity contribution in [2.75, 3.05) is 12.9 Å². The molecule has 124 valence electrons. The van der Waals surface area contributed by atoms with E-state index < -0.39 is 18.3 Å². The highest BCUT2D eigenvalue weighted by Gasteiger charge is 2.52. The lowest BCUT2D eigenvalue weighted by Gasteiger charge is -2.32. The molecule has 2 rings (SSSR count).